The van der Waals surface area contributed by atoms with Crippen LogP contribution in [0.4, 0.5) is 5.69 Å². The van der Waals surface area contributed by atoms with Gasteiger partial charge in [-0.05, 0) is 44.2 Å². The molecule has 35 heavy (non-hydrogen) atoms. The Balaban J connectivity index is 1.71. The van der Waals surface area contributed by atoms with Crippen LogP contribution < -0.4 is 10.4 Å². The predicted molar refractivity (Wildman–Crippen MR) is 143 cm³/mol. The van der Waals surface area contributed by atoms with Crippen molar-refractivity contribution in [1.29, 1.82) is 0 Å². The number of hydrogen-bond acceptors (Lipinski definition) is 5. The molecule has 0 saturated heterocycles. The number of rotatable bonds is 5. The van der Waals surface area contributed by atoms with Crippen LogP contribution in [0.15, 0.2) is 95.9 Å². The Morgan fingerprint density at radius 2 is 1.74 bits per heavy atom. The first kappa shape index (κ1) is 23.1. The van der Waals surface area contributed by atoms with Gasteiger partial charge in [-0.2, -0.15) is 5.10 Å². The van der Waals surface area contributed by atoms with Crippen molar-refractivity contribution in [3.63, 3.8) is 0 Å². The van der Waals surface area contributed by atoms with Crippen molar-refractivity contribution < 1.29 is 4.42 Å². The van der Waals surface area contributed by atoms with Crippen molar-refractivity contribution in [3.05, 3.63) is 109 Å². The molecule has 176 valence electrons. The fourth-order valence-corrected chi connectivity index (χ4v) is 5.08. The number of para-hydroxylation sites is 1. The van der Waals surface area contributed by atoms with Gasteiger partial charge in [0.1, 0.15) is 11.5 Å². The molecule has 0 radical (unpaired) electrons. The molecule has 0 aliphatic rings. The Morgan fingerprint density at radius 3 is 2.46 bits per heavy atom. The summed E-state index contributed by atoms with van der Waals surface area (Å²) >= 11 is 5.06. The van der Waals surface area contributed by atoms with E-state index < -0.39 is 0 Å². The molecule has 2 aromatic carbocycles. The van der Waals surface area contributed by atoms with Gasteiger partial charge in [0.15, 0.2) is 5.69 Å². The molecule has 0 amide bonds. The Hall–Kier alpha value is -3.69. The zero-order valence-electron chi connectivity index (χ0n) is 19.3. The van der Waals surface area contributed by atoms with E-state index in [0.29, 0.717) is 16.2 Å². The van der Waals surface area contributed by atoms with Gasteiger partial charge in [-0.15, -0.1) is 11.3 Å². The van der Waals surface area contributed by atoms with Gasteiger partial charge >= 0.3 is 0 Å². The van der Waals surface area contributed by atoms with Crippen LogP contribution in [0.3, 0.4) is 0 Å². The minimum absolute atomic E-state index is 0.191. The first-order chi connectivity index (χ1) is 16.9. The van der Waals surface area contributed by atoms with Crippen molar-refractivity contribution in [2.75, 3.05) is 0 Å². The fraction of sp³-hybridized carbons (Fsp3) is 0.115. The summed E-state index contributed by atoms with van der Waals surface area (Å²) in [5.74, 6) is 1.44. The van der Waals surface area contributed by atoms with E-state index in [0.717, 1.165) is 32.9 Å². The van der Waals surface area contributed by atoms with Crippen LogP contribution in [0.25, 0.3) is 16.9 Å². The summed E-state index contributed by atoms with van der Waals surface area (Å²) < 4.78 is 11.8. The molecule has 0 aliphatic carbocycles. The molecule has 5 aromatic rings. The van der Waals surface area contributed by atoms with Crippen LogP contribution in [0.1, 0.15) is 17.2 Å². The average molecular weight is 548 g/mol. The van der Waals surface area contributed by atoms with Crippen LogP contribution in [-0.4, -0.2) is 20.3 Å². The number of hydrogen-bond donors (Lipinski definition) is 0. The molecule has 0 fully saturated rings. The third-order valence-electron chi connectivity index (χ3n) is 5.63. The number of benzene rings is 2. The monoisotopic (exact) mass is 547 g/mol. The van der Waals surface area contributed by atoms with Crippen LogP contribution in [0.2, 0.25) is 0 Å². The quantitative estimate of drug-likeness (QED) is 0.261. The van der Waals surface area contributed by atoms with Gasteiger partial charge in [0.2, 0.25) is 4.80 Å². The van der Waals surface area contributed by atoms with Crippen LogP contribution in [-0.2, 0) is 7.05 Å². The molecule has 5 rings (SSSR count). The molecule has 3 heterocycles. The lowest BCUT2D eigenvalue weighted by Gasteiger charge is -2.07. The molecular formula is C26H22BrN5O2S. The van der Waals surface area contributed by atoms with Gasteiger partial charge in [0.25, 0.3) is 5.56 Å². The summed E-state index contributed by atoms with van der Waals surface area (Å²) in [5, 5.41) is 6.67. The maximum atomic E-state index is 13.4. The van der Waals surface area contributed by atoms with Crippen LogP contribution in [0, 0.1) is 13.8 Å². The zero-order chi connectivity index (χ0) is 24.5. The normalized spacial score (nSPS) is 12.2. The lowest BCUT2D eigenvalue weighted by atomic mass is 10.2. The highest BCUT2D eigenvalue weighted by Gasteiger charge is 2.17. The molecule has 0 saturated carbocycles. The Morgan fingerprint density at radius 1 is 1.00 bits per heavy atom. The lowest BCUT2D eigenvalue weighted by Crippen LogP contribution is -2.19. The van der Waals surface area contributed by atoms with Crippen molar-refractivity contribution in [2.45, 2.75) is 13.8 Å². The van der Waals surface area contributed by atoms with E-state index in [2.05, 4.69) is 21.0 Å². The van der Waals surface area contributed by atoms with Crippen molar-refractivity contribution in [3.8, 4) is 16.9 Å². The first-order valence-electron chi connectivity index (χ1n) is 10.9. The number of thiazole rings is 1. The Labute approximate surface area is 214 Å². The Kier molecular flexibility index (Phi) is 6.27. The molecule has 9 heteroatoms. The summed E-state index contributed by atoms with van der Waals surface area (Å²) in [6.45, 7) is 3.78. The standard InChI is InChI=1S/C26H22BrN5O2S/c1-17-13-14-20(34-17)15-28-31-23(21-11-7-8-12-22(21)27)16-35-26(31)29-24-18(2)30(3)32(25(24)33)19-9-5-4-6-10-19/h4-16H,1-3H3. The van der Waals surface area contributed by atoms with Crippen LogP contribution in [0.5, 0.6) is 0 Å². The molecule has 7 nitrogen and oxygen atoms in total. The molecule has 0 aliphatic heterocycles. The topological polar surface area (TPSA) is 69.7 Å². The largest absolute Gasteiger partial charge is 0.460 e. The second-order valence-corrected chi connectivity index (χ2v) is 9.60. The number of furan rings is 1. The third-order valence-corrected chi connectivity index (χ3v) is 7.14. The number of aromatic nitrogens is 3. The molecule has 0 bridgehead atoms. The minimum atomic E-state index is -0.191. The third kappa shape index (κ3) is 4.40. The second kappa shape index (κ2) is 9.52. The van der Waals surface area contributed by atoms with Gasteiger partial charge < -0.3 is 4.42 Å². The van der Waals surface area contributed by atoms with E-state index in [9.17, 15) is 4.79 Å². The van der Waals surface area contributed by atoms with Gasteiger partial charge in [0, 0.05) is 22.5 Å². The van der Waals surface area contributed by atoms with Crippen molar-refractivity contribution in [1.82, 2.24) is 14.0 Å². The SMILES string of the molecule is Cc1ccc(C=Nn2c(-c3ccccc3Br)csc2=Nc2c(C)n(C)n(-c3ccccc3)c2=O)o1. The predicted octanol–water partition coefficient (Wildman–Crippen LogP) is 5.79. The van der Waals surface area contributed by atoms with Crippen LogP contribution >= 0.6 is 27.3 Å². The van der Waals surface area contributed by atoms with Gasteiger partial charge in [0.05, 0.1) is 23.3 Å². The van der Waals surface area contributed by atoms with Gasteiger partial charge in [-0.3, -0.25) is 9.48 Å². The molecule has 0 atom stereocenters. The summed E-state index contributed by atoms with van der Waals surface area (Å²) in [5.41, 5.74) is 3.52. The van der Waals surface area contributed by atoms with E-state index in [4.69, 9.17) is 9.41 Å². The van der Waals surface area contributed by atoms with Crippen molar-refractivity contribution in [2.24, 2.45) is 17.1 Å². The molecular weight excluding hydrogens is 526 g/mol. The number of aryl methyl sites for hydroxylation is 1. The van der Waals surface area contributed by atoms with E-state index in [-0.39, 0.29) is 5.56 Å². The molecule has 0 N–H and O–H groups in total. The maximum absolute atomic E-state index is 13.4. The highest BCUT2D eigenvalue weighted by atomic mass is 79.9. The van der Waals surface area contributed by atoms with E-state index in [1.807, 2.05) is 97.7 Å². The number of nitrogens with zero attached hydrogens (tertiary/aromatic N) is 5. The fourth-order valence-electron chi connectivity index (χ4n) is 3.76. The summed E-state index contributed by atoms with van der Waals surface area (Å²) in [6.07, 6.45) is 1.65. The maximum Gasteiger partial charge on any atom is 0.297 e. The van der Waals surface area contributed by atoms with E-state index in [1.165, 1.54) is 11.3 Å². The molecule has 0 unspecified atom stereocenters. The number of halogens is 1. The highest BCUT2D eigenvalue weighted by molar-refractivity contribution is 9.10. The summed E-state index contributed by atoms with van der Waals surface area (Å²) in [7, 11) is 1.86. The average Bonchev–Trinajstić information content (AvgIpc) is 3.52. The second-order valence-electron chi connectivity index (χ2n) is 7.91. The molecule has 0 spiro atoms. The van der Waals surface area contributed by atoms with Crippen molar-refractivity contribution >= 4 is 39.2 Å². The van der Waals surface area contributed by atoms with E-state index in [1.54, 1.807) is 15.6 Å². The van der Waals surface area contributed by atoms with Gasteiger partial charge in [-0.1, -0.05) is 52.3 Å². The van der Waals surface area contributed by atoms with Gasteiger partial charge in [-0.25, -0.2) is 14.4 Å². The van der Waals surface area contributed by atoms with E-state index >= 15 is 0 Å². The molecule has 3 aromatic heterocycles. The smallest absolute Gasteiger partial charge is 0.297 e. The summed E-state index contributed by atoms with van der Waals surface area (Å²) in [4.78, 5) is 18.8. The zero-order valence-corrected chi connectivity index (χ0v) is 21.7. The Bertz CT molecular complexity index is 1670. The summed E-state index contributed by atoms with van der Waals surface area (Å²) in [6, 6.07) is 21.2. The lowest BCUT2D eigenvalue weighted by molar-refractivity contribution is 0.527. The minimum Gasteiger partial charge on any atom is -0.460 e. The first-order valence-corrected chi connectivity index (χ1v) is 12.6. The highest BCUT2D eigenvalue weighted by Crippen LogP contribution is 2.28.